The topological polar surface area (TPSA) is 67.6 Å². The van der Waals surface area contributed by atoms with Crippen molar-refractivity contribution in [2.24, 2.45) is 5.73 Å². The van der Waals surface area contributed by atoms with Crippen LogP contribution < -0.4 is 5.73 Å². The van der Waals surface area contributed by atoms with E-state index in [-0.39, 0.29) is 0 Å². The van der Waals surface area contributed by atoms with Gasteiger partial charge in [0, 0.05) is 12.2 Å². The number of aromatic nitrogens is 3. The van der Waals surface area contributed by atoms with E-state index < -0.39 is 0 Å². The Balaban J connectivity index is 1.98. The first-order valence-electron chi connectivity index (χ1n) is 6.05. The van der Waals surface area contributed by atoms with Gasteiger partial charge in [0.05, 0.1) is 11.0 Å². The molecule has 2 aromatic heterocycles. The van der Waals surface area contributed by atoms with Crippen LogP contribution in [0.4, 0.5) is 0 Å². The average Bonchev–Trinajstić information content (AvgIpc) is 2.81. The predicted molar refractivity (Wildman–Crippen MR) is 77.1 cm³/mol. The maximum atomic E-state index is 5.75. The van der Waals surface area contributed by atoms with Crippen LogP contribution in [0.2, 0.25) is 0 Å². The normalized spacial score (nSPS) is 11.1. The number of rotatable bonds is 3. The molecule has 0 unspecified atom stereocenters. The highest BCUT2D eigenvalue weighted by Crippen LogP contribution is 2.28. The molecular formula is C14H14N4S. The van der Waals surface area contributed by atoms with Crippen LogP contribution in [-0.4, -0.2) is 15.0 Å². The molecule has 0 saturated heterocycles. The van der Waals surface area contributed by atoms with Crippen molar-refractivity contribution in [3.8, 4) is 0 Å². The van der Waals surface area contributed by atoms with Gasteiger partial charge in [-0.2, -0.15) is 0 Å². The van der Waals surface area contributed by atoms with E-state index in [9.17, 15) is 0 Å². The number of imidazole rings is 1. The van der Waals surface area contributed by atoms with Gasteiger partial charge >= 0.3 is 0 Å². The number of H-pyrrole nitrogens is 1. The molecule has 0 amide bonds. The molecule has 0 fully saturated rings. The molecule has 0 atom stereocenters. The van der Waals surface area contributed by atoms with Gasteiger partial charge < -0.3 is 10.7 Å². The molecule has 4 nitrogen and oxygen atoms in total. The van der Waals surface area contributed by atoms with Gasteiger partial charge in [0.1, 0.15) is 5.03 Å². The van der Waals surface area contributed by atoms with Crippen LogP contribution in [0.3, 0.4) is 0 Å². The largest absolute Gasteiger partial charge is 0.333 e. The zero-order valence-corrected chi connectivity index (χ0v) is 11.4. The minimum absolute atomic E-state index is 0.482. The molecule has 19 heavy (non-hydrogen) atoms. The van der Waals surface area contributed by atoms with Gasteiger partial charge in [-0.05, 0) is 42.4 Å². The van der Waals surface area contributed by atoms with Gasteiger partial charge in [0.15, 0.2) is 5.16 Å². The second-order valence-electron chi connectivity index (χ2n) is 4.28. The van der Waals surface area contributed by atoms with Crippen LogP contribution in [0.25, 0.3) is 11.0 Å². The summed E-state index contributed by atoms with van der Waals surface area (Å²) in [5, 5.41) is 1.76. The van der Waals surface area contributed by atoms with E-state index in [1.165, 1.54) is 11.8 Å². The van der Waals surface area contributed by atoms with Crippen molar-refractivity contribution in [2.45, 2.75) is 23.7 Å². The summed E-state index contributed by atoms with van der Waals surface area (Å²) in [6.07, 6.45) is 0. The zero-order valence-electron chi connectivity index (χ0n) is 10.6. The van der Waals surface area contributed by atoms with E-state index in [1.807, 2.05) is 43.3 Å². The number of nitrogens with two attached hydrogens (primary N) is 1. The Hall–Kier alpha value is -1.85. The first-order valence-corrected chi connectivity index (χ1v) is 6.87. The van der Waals surface area contributed by atoms with E-state index in [0.29, 0.717) is 6.54 Å². The number of nitrogens with one attached hydrogen (secondary N) is 1. The molecule has 0 aliphatic rings. The molecule has 0 saturated carbocycles. The van der Waals surface area contributed by atoms with Crippen molar-refractivity contribution < 1.29 is 0 Å². The summed E-state index contributed by atoms with van der Waals surface area (Å²) in [6.45, 7) is 2.46. The maximum Gasteiger partial charge on any atom is 0.172 e. The van der Waals surface area contributed by atoms with Crippen molar-refractivity contribution >= 4 is 22.8 Å². The highest BCUT2D eigenvalue weighted by Gasteiger charge is 2.09. The summed E-state index contributed by atoms with van der Waals surface area (Å²) < 4.78 is 0. The summed E-state index contributed by atoms with van der Waals surface area (Å²) >= 11 is 1.52. The standard InChI is InChI=1S/C14H14N4S/c1-9-6-7-10(8-15)13(16-9)19-14-17-11-4-2-3-5-12(11)18-14/h2-7H,8,15H2,1H3,(H,17,18). The summed E-state index contributed by atoms with van der Waals surface area (Å²) in [5.74, 6) is 0. The number of fused-ring (bicyclic) bond motifs is 1. The molecule has 96 valence electrons. The molecule has 2 heterocycles. The first-order chi connectivity index (χ1) is 9.26. The summed E-state index contributed by atoms with van der Waals surface area (Å²) in [7, 11) is 0. The number of para-hydroxylation sites is 2. The van der Waals surface area contributed by atoms with E-state index in [0.717, 1.165) is 32.5 Å². The van der Waals surface area contributed by atoms with Gasteiger partial charge in [0.25, 0.3) is 0 Å². The molecule has 0 bridgehead atoms. The highest BCUT2D eigenvalue weighted by atomic mass is 32.2. The highest BCUT2D eigenvalue weighted by molar-refractivity contribution is 7.99. The Morgan fingerprint density at radius 3 is 2.79 bits per heavy atom. The molecule has 3 aromatic rings. The van der Waals surface area contributed by atoms with Gasteiger partial charge in [-0.1, -0.05) is 18.2 Å². The lowest BCUT2D eigenvalue weighted by Crippen LogP contribution is -2.01. The number of pyridine rings is 1. The van der Waals surface area contributed by atoms with Crippen molar-refractivity contribution in [3.63, 3.8) is 0 Å². The lowest BCUT2D eigenvalue weighted by atomic mass is 10.2. The monoisotopic (exact) mass is 270 g/mol. The Kier molecular flexibility index (Phi) is 3.23. The van der Waals surface area contributed by atoms with Crippen molar-refractivity contribution in [1.82, 2.24) is 15.0 Å². The minimum atomic E-state index is 0.482. The molecule has 5 heteroatoms. The fourth-order valence-corrected chi connectivity index (χ4v) is 2.83. The van der Waals surface area contributed by atoms with Crippen LogP contribution in [0.5, 0.6) is 0 Å². The second-order valence-corrected chi connectivity index (χ2v) is 5.26. The van der Waals surface area contributed by atoms with Crippen molar-refractivity contribution in [3.05, 3.63) is 47.7 Å². The quantitative estimate of drug-likeness (QED) is 0.768. The lowest BCUT2D eigenvalue weighted by molar-refractivity contribution is 0.935. The Labute approximate surface area is 115 Å². The fourth-order valence-electron chi connectivity index (χ4n) is 1.87. The molecule has 0 spiro atoms. The number of aromatic amines is 1. The summed E-state index contributed by atoms with van der Waals surface area (Å²) in [5.41, 5.74) is 9.76. The van der Waals surface area contributed by atoms with E-state index in [1.54, 1.807) is 0 Å². The third kappa shape index (κ3) is 2.47. The van der Waals surface area contributed by atoms with Crippen LogP contribution in [0.15, 0.2) is 46.6 Å². The fraction of sp³-hybridized carbons (Fsp3) is 0.143. The number of hydrogen-bond acceptors (Lipinski definition) is 4. The number of hydrogen-bond donors (Lipinski definition) is 2. The van der Waals surface area contributed by atoms with Crippen LogP contribution >= 0.6 is 11.8 Å². The third-order valence-electron chi connectivity index (χ3n) is 2.86. The molecular weight excluding hydrogens is 256 g/mol. The van der Waals surface area contributed by atoms with Gasteiger partial charge in [-0.3, -0.25) is 0 Å². The van der Waals surface area contributed by atoms with E-state index in [2.05, 4.69) is 15.0 Å². The second kappa shape index (κ2) is 5.03. The van der Waals surface area contributed by atoms with Crippen molar-refractivity contribution in [1.29, 1.82) is 0 Å². The Morgan fingerprint density at radius 1 is 1.16 bits per heavy atom. The zero-order chi connectivity index (χ0) is 13.2. The van der Waals surface area contributed by atoms with Crippen LogP contribution in [0, 0.1) is 6.92 Å². The third-order valence-corrected chi connectivity index (χ3v) is 3.79. The minimum Gasteiger partial charge on any atom is -0.333 e. The van der Waals surface area contributed by atoms with E-state index in [4.69, 9.17) is 5.73 Å². The number of benzene rings is 1. The maximum absolute atomic E-state index is 5.75. The molecule has 3 rings (SSSR count). The number of aryl methyl sites for hydroxylation is 1. The molecule has 0 radical (unpaired) electrons. The number of nitrogens with zero attached hydrogens (tertiary/aromatic N) is 2. The SMILES string of the molecule is Cc1ccc(CN)c(Sc2nc3ccccc3[nH]2)n1. The van der Waals surface area contributed by atoms with Gasteiger partial charge in [-0.25, -0.2) is 9.97 Å². The predicted octanol–water partition coefficient (Wildman–Crippen LogP) is 2.88. The smallest absolute Gasteiger partial charge is 0.172 e. The van der Waals surface area contributed by atoms with Gasteiger partial charge in [0.2, 0.25) is 0 Å². The molecule has 1 aromatic carbocycles. The Bertz CT molecular complexity index is 687. The van der Waals surface area contributed by atoms with E-state index >= 15 is 0 Å². The summed E-state index contributed by atoms with van der Waals surface area (Å²) in [4.78, 5) is 12.4. The molecule has 0 aliphatic carbocycles. The molecule has 3 N–H and O–H groups in total. The average molecular weight is 270 g/mol. The lowest BCUT2D eigenvalue weighted by Gasteiger charge is -2.05. The van der Waals surface area contributed by atoms with Gasteiger partial charge in [-0.15, -0.1) is 0 Å². The van der Waals surface area contributed by atoms with Crippen LogP contribution in [0.1, 0.15) is 11.3 Å². The van der Waals surface area contributed by atoms with Crippen LogP contribution in [-0.2, 0) is 6.54 Å². The van der Waals surface area contributed by atoms with Crippen molar-refractivity contribution in [2.75, 3.05) is 0 Å². The Morgan fingerprint density at radius 2 is 2.00 bits per heavy atom. The first kappa shape index (κ1) is 12.2. The molecule has 0 aliphatic heterocycles. The summed E-state index contributed by atoms with van der Waals surface area (Å²) in [6, 6.07) is 12.0.